The van der Waals surface area contributed by atoms with Gasteiger partial charge < -0.3 is 83.4 Å². The first-order chi connectivity index (χ1) is 55.9. The molecule has 0 radical (unpaired) electrons. The molecule has 3 amide bonds. The van der Waals surface area contributed by atoms with E-state index in [0.29, 0.717) is 107 Å². The van der Waals surface area contributed by atoms with E-state index in [1.54, 1.807) is 29.1 Å². The number of alkyl carbamates (subject to hydrolysis) is 1. The van der Waals surface area contributed by atoms with Crippen molar-refractivity contribution < 1.29 is 109 Å². The number of aromatic carboxylic acids is 1. The maximum atomic E-state index is 14.1. The number of hydrogen-bond donors (Lipinski definition) is 9. The number of carboxylic acid groups (broad SMARTS) is 1. The number of aryl methyl sites for hydroxylation is 3. The summed E-state index contributed by atoms with van der Waals surface area (Å²) in [5.41, 5.74) is 8.25. The fourth-order valence-electron chi connectivity index (χ4n) is 14.4. The maximum absolute atomic E-state index is 14.1. The summed E-state index contributed by atoms with van der Waals surface area (Å²) in [5.74, 6) is 6.21. The molecule has 1 saturated heterocycles. The van der Waals surface area contributed by atoms with E-state index in [2.05, 4.69) is 73.3 Å². The number of rotatable bonds is 42. The minimum Gasteiger partial charge on any atom is -0.478 e. The Kier molecular flexibility index (Phi) is 31.5. The van der Waals surface area contributed by atoms with Crippen LogP contribution in [0.5, 0.6) is 11.5 Å². The number of carbonyl (C=O) groups is 4. The van der Waals surface area contributed by atoms with Gasteiger partial charge in [-0.1, -0.05) is 67.2 Å². The van der Waals surface area contributed by atoms with Crippen molar-refractivity contribution in [2.24, 2.45) is 0 Å². The van der Waals surface area contributed by atoms with Crippen molar-refractivity contribution in [3.63, 3.8) is 0 Å². The fraction of sp³-hybridized carbons (Fsp3) is 0.500. The fourth-order valence-corrected chi connectivity index (χ4v) is 19.8. The average molecular weight is 1740 g/mol. The summed E-state index contributed by atoms with van der Waals surface area (Å²) >= 11 is 5.32. The number of aromatic amines is 1. The van der Waals surface area contributed by atoms with E-state index in [-0.39, 0.29) is 61.4 Å². The van der Waals surface area contributed by atoms with Gasteiger partial charge in [0.15, 0.2) is 0 Å². The third-order valence-electron chi connectivity index (χ3n) is 19.5. The highest BCUT2D eigenvalue weighted by Crippen LogP contribution is 2.66. The summed E-state index contributed by atoms with van der Waals surface area (Å²) in [6.45, 7) is 8.51. The predicted molar refractivity (Wildman–Crippen MR) is 430 cm³/mol. The highest BCUT2D eigenvalue weighted by Gasteiger charge is 2.45. The summed E-state index contributed by atoms with van der Waals surface area (Å²) in [6, 6.07) is 17.0. The number of carboxylic acids is 1. The molecule has 0 spiro atoms. The quantitative estimate of drug-likeness (QED) is 0.00582. The standard InChI is InChI=1S/C74H91N10O25P3S4/c1-2-116(113)47-104-61-41-64(106-62(61)45-105-111(95,96)109-112(97,98)108-110(92,93)94)84-43-52(71(87)78-73(84)90)11-5-22-76-74(91)103-31-4-3-29-102-46-114-115-54-19-16-48(17-20-54)37-63(85)75-23-32-100-34-36-101-35-33-99-30-10-28-83-44-53(79-80-83)42-77-70(86)51-18-21-55(72(88)89)58(40-51)65-59-38-49-12-6-24-81-26-8-14-56(66(49)81)68(59)107-69-57-15-9-27-82-25-7-13-50(67(57)82)39-60(65)69/h16-21,38-40,43-44,61-62,64H,2-4,6-10,12-15,22-37,41-42,45-47H2,1H3,(H8-,75,76,77,78,85,86,87,88,89,90,91,92,93,94,95,96,97,98)/p+1/t61?,62-,64-,116?/m1/s1. The number of anilines is 1. The molecule has 0 bridgehead atoms. The number of ether oxygens (including phenoxy) is 8. The Morgan fingerprint density at radius 3 is 2.30 bits per heavy atom. The lowest BCUT2D eigenvalue weighted by Gasteiger charge is -2.39. The van der Waals surface area contributed by atoms with Gasteiger partial charge in [-0.3, -0.25) is 33.1 Å². The van der Waals surface area contributed by atoms with E-state index < -0.39 is 81.3 Å². The molecule has 4 aromatic carbocycles. The molecule has 626 valence electrons. The van der Waals surface area contributed by atoms with Crippen LogP contribution < -0.4 is 52.0 Å². The normalized spacial score (nSPS) is 17.9. The smallest absolute Gasteiger partial charge is 0.478 e. The van der Waals surface area contributed by atoms with Gasteiger partial charge in [0.1, 0.15) is 54.1 Å². The first-order valence-corrected chi connectivity index (χ1v) is 47.3. The Bertz CT molecular complexity index is 5090. The number of nitrogens with zero attached hydrogens (tertiary/aromatic N) is 6. The van der Waals surface area contributed by atoms with E-state index >= 15 is 0 Å². The topological polar surface area (TPSA) is 450 Å². The van der Waals surface area contributed by atoms with Crippen LogP contribution >= 0.6 is 45.1 Å². The Labute approximate surface area is 681 Å². The zero-order chi connectivity index (χ0) is 81.9. The molecule has 116 heavy (non-hydrogen) atoms. The molecule has 6 atom stereocenters. The zero-order valence-corrected chi connectivity index (χ0v) is 69.4. The van der Waals surface area contributed by atoms with Gasteiger partial charge >= 0.3 is 41.2 Å². The van der Waals surface area contributed by atoms with E-state index in [9.17, 15) is 57.4 Å². The molecule has 6 aliphatic rings. The summed E-state index contributed by atoms with van der Waals surface area (Å²) in [7, 11) is -14.6. The maximum Gasteiger partial charge on any atom is 0.490 e. The van der Waals surface area contributed by atoms with Gasteiger partial charge in [-0.15, -0.1) is 5.10 Å². The van der Waals surface area contributed by atoms with Crippen molar-refractivity contribution in [3.05, 3.63) is 160 Å². The van der Waals surface area contributed by atoms with E-state index in [1.807, 2.05) is 31.2 Å². The van der Waals surface area contributed by atoms with Crippen LogP contribution in [0, 0.1) is 11.8 Å². The van der Waals surface area contributed by atoms with E-state index in [0.717, 1.165) is 127 Å². The zero-order valence-electron chi connectivity index (χ0n) is 63.5. The number of benzene rings is 4. The number of unbranched alkanes of at least 4 members (excludes halogenated alkanes) is 1. The lowest BCUT2D eigenvalue weighted by Crippen LogP contribution is -2.45. The van der Waals surface area contributed by atoms with Crippen molar-refractivity contribution in [2.45, 2.75) is 127 Å². The van der Waals surface area contributed by atoms with Crippen molar-refractivity contribution >= 4 is 101 Å². The number of H-pyrrole nitrogens is 1. The second-order valence-corrected chi connectivity index (χ2v) is 37.5. The largest absolute Gasteiger partial charge is 0.490 e. The predicted octanol–water partition coefficient (Wildman–Crippen LogP) is 5.34. The number of carbonyl (C=O) groups excluding carboxylic acids is 3. The molecule has 42 heteroatoms. The first-order valence-electron chi connectivity index (χ1n) is 38.0. The molecule has 35 nitrogen and oxygen atoms in total. The van der Waals surface area contributed by atoms with Gasteiger partial charge in [-0.25, -0.2) is 32.7 Å². The second-order valence-electron chi connectivity index (χ2n) is 27.7. The number of nitrogens with one attached hydrogen (secondary N) is 4. The molecule has 0 saturated carbocycles. The minimum absolute atomic E-state index is 0.0251. The Morgan fingerprint density at radius 2 is 1.53 bits per heavy atom. The van der Waals surface area contributed by atoms with Crippen molar-refractivity contribution in [1.29, 1.82) is 0 Å². The summed E-state index contributed by atoms with van der Waals surface area (Å²) < 4.78 is 99.6. The second kappa shape index (κ2) is 41.6. The molecule has 0 aliphatic carbocycles. The van der Waals surface area contributed by atoms with Gasteiger partial charge in [-0.05, 0) is 134 Å². The van der Waals surface area contributed by atoms with E-state index in [1.165, 1.54) is 54.9 Å². The van der Waals surface area contributed by atoms with Gasteiger partial charge in [0.05, 0.1) is 95.1 Å². The van der Waals surface area contributed by atoms with Crippen LogP contribution in [0.1, 0.15) is 135 Å². The molecule has 1 fully saturated rings. The lowest BCUT2D eigenvalue weighted by atomic mass is 9.81. The monoisotopic (exact) mass is 1740 g/mol. The van der Waals surface area contributed by atoms with Crippen molar-refractivity contribution in [3.8, 4) is 23.3 Å². The molecule has 4 unspecified atom stereocenters. The number of hydrogen-bond acceptors (Lipinski definition) is 26. The Balaban J connectivity index is 0.476. The highest BCUT2D eigenvalue weighted by atomic mass is 33.1. The van der Waals surface area contributed by atoms with Crippen LogP contribution in [0.15, 0.2) is 81.5 Å². The number of phosphoric ester groups is 1. The lowest BCUT2D eigenvalue weighted by molar-refractivity contribution is -0.120. The summed E-state index contributed by atoms with van der Waals surface area (Å²) in [5, 5.41) is 29.9. The third-order valence-corrected chi connectivity index (χ3v) is 27.4. The SMILES string of the molecule is CCS(=S)COC1C[C@H](n2cc(C#CCNC(=O)OCCCCOCSSc3ccc(CC(=O)NCCOCCOCCOCCCn4cc(CNC(=O)c5ccc(C(=O)O)c(C6=c7cc8c9c(c7Oc7c6cc6c%10c7CCCN%10CCC6)CCC[N+]=9CCC8)c5)nn4)cc3)c(=O)[nH]c2=O)O[C@@H]1COP(=O)(O)OP(=O)(O)OP(=O)(O)O. The van der Waals surface area contributed by atoms with Crippen LogP contribution in [-0.4, -0.2) is 202 Å². The molecular formula is C74H92N10O25P3S4+. The van der Waals surface area contributed by atoms with Gasteiger partial charge in [0.25, 0.3) is 11.5 Å². The number of fused-ring (bicyclic) bond motifs is 4. The molecule has 2 aromatic heterocycles. The van der Waals surface area contributed by atoms with Crippen molar-refractivity contribution in [2.75, 3.05) is 121 Å². The van der Waals surface area contributed by atoms with Gasteiger partial charge in [-0.2, -0.15) is 8.62 Å². The third kappa shape index (κ3) is 24.2. The number of phosphoric acid groups is 3. The van der Waals surface area contributed by atoms with Crippen LogP contribution in [-0.2, 0) is 131 Å². The summed E-state index contributed by atoms with van der Waals surface area (Å²) in [6.07, 6.45) is 8.28. The summed E-state index contributed by atoms with van der Waals surface area (Å²) in [4.78, 5) is 121. The van der Waals surface area contributed by atoms with Crippen LogP contribution in [0.2, 0.25) is 0 Å². The Hall–Kier alpha value is -7.35. The van der Waals surface area contributed by atoms with Crippen molar-refractivity contribution in [1.82, 2.24) is 45.1 Å². The first kappa shape index (κ1) is 87.9. The molecule has 9 N–H and O–H groups in total. The Morgan fingerprint density at radius 1 is 0.793 bits per heavy atom. The molecule has 6 aliphatic heterocycles. The van der Waals surface area contributed by atoms with Gasteiger partial charge in [0, 0.05) is 108 Å². The van der Waals surface area contributed by atoms with E-state index in [4.69, 9.17) is 63.4 Å². The average Bonchev–Trinajstić information content (AvgIpc) is 0.788. The highest BCUT2D eigenvalue weighted by molar-refractivity contribution is 8.76. The minimum atomic E-state index is -5.81. The van der Waals surface area contributed by atoms with Crippen LogP contribution in [0.3, 0.4) is 0 Å². The van der Waals surface area contributed by atoms with Crippen LogP contribution in [0.25, 0.3) is 5.57 Å². The molecule has 12 rings (SSSR count). The van der Waals surface area contributed by atoms with Gasteiger partial charge in [0.2, 0.25) is 11.3 Å². The molecular weight excluding hydrogens is 1650 g/mol. The molecule has 8 heterocycles. The number of amides is 3. The van der Waals surface area contributed by atoms with Crippen LogP contribution in [0.4, 0.5) is 10.5 Å². The molecule has 6 aromatic rings. The number of aromatic nitrogens is 5.